The van der Waals surface area contributed by atoms with Crippen LogP contribution < -0.4 is 5.32 Å². The third-order valence-corrected chi connectivity index (χ3v) is 3.01. The Morgan fingerprint density at radius 1 is 1.24 bits per heavy atom. The maximum atomic E-state index is 13.6. The maximum Gasteiger partial charge on any atom is 0.131 e. The molecule has 0 spiro atoms. The van der Waals surface area contributed by atoms with E-state index in [-0.39, 0.29) is 17.9 Å². The van der Waals surface area contributed by atoms with E-state index < -0.39 is 30.1 Å². The fraction of sp³-hybridized carbons (Fsp3) is 0.455. The summed E-state index contributed by atoms with van der Waals surface area (Å²) in [6.07, 6.45) is -2.36. The number of aromatic hydroxyl groups is 1. The van der Waals surface area contributed by atoms with E-state index in [0.29, 0.717) is 0 Å². The molecular weight excluding hydrogens is 229 g/mol. The lowest BCUT2D eigenvalue weighted by molar-refractivity contribution is 0.0191. The van der Waals surface area contributed by atoms with Gasteiger partial charge in [-0.05, 0) is 6.07 Å². The van der Waals surface area contributed by atoms with Crippen LogP contribution in [-0.4, -0.2) is 45.3 Å². The summed E-state index contributed by atoms with van der Waals surface area (Å²) in [5.41, 5.74) is 0.144. The molecule has 0 bridgehead atoms. The van der Waals surface area contributed by atoms with Crippen molar-refractivity contribution in [3.05, 3.63) is 29.6 Å². The minimum Gasteiger partial charge on any atom is -0.508 e. The van der Waals surface area contributed by atoms with Crippen LogP contribution in [0.1, 0.15) is 11.6 Å². The summed E-state index contributed by atoms with van der Waals surface area (Å²) in [5.74, 6) is -0.884. The van der Waals surface area contributed by atoms with Gasteiger partial charge in [0.15, 0.2) is 0 Å². The van der Waals surface area contributed by atoms with Crippen molar-refractivity contribution in [2.75, 3.05) is 6.61 Å². The standard InChI is InChI=1S/C11H14FNO4/c12-7-3-5(15)1-2-6(7)9-11(17)10(16)8(4-14)13-9/h1-3,8-11,13-17H,4H2/t8-,9-,10-,11-/m1/s1. The molecule has 0 aromatic heterocycles. The number of phenolic OH excluding ortho intramolecular Hbond substituents is 1. The van der Waals surface area contributed by atoms with Gasteiger partial charge in [0.25, 0.3) is 0 Å². The van der Waals surface area contributed by atoms with E-state index in [0.717, 1.165) is 6.07 Å². The molecule has 1 aliphatic rings. The highest BCUT2D eigenvalue weighted by Crippen LogP contribution is 2.30. The fourth-order valence-corrected chi connectivity index (χ4v) is 2.07. The van der Waals surface area contributed by atoms with Crippen LogP contribution in [0.4, 0.5) is 4.39 Å². The molecule has 0 saturated carbocycles. The molecule has 0 amide bonds. The molecule has 5 N–H and O–H groups in total. The smallest absolute Gasteiger partial charge is 0.131 e. The highest BCUT2D eigenvalue weighted by atomic mass is 19.1. The number of aliphatic hydroxyl groups is 3. The number of rotatable bonds is 2. The average molecular weight is 243 g/mol. The molecule has 1 fully saturated rings. The highest BCUT2D eigenvalue weighted by Gasteiger charge is 2.42. The Balaban J connectivity index is 2.29. The molecule has 0 radical (unpaired) electrons. The van der Waals surface area contributed by atoms with Gasteiger partial charge in [0.2, 0.25) is 0 Å². The highest BCUT2D eigenvalue weighted by molar-refractivity contribution is 5.31. The molecule has 1 heterocycles. The Labute approximate surface area is 97.1 Å². The molecule has 6 heteroatoms. The second kappa shape index (κ2) is 4.58. The third-order valence-electron chi connectivity index (χ3n) is 3.01. The summed E-state index contributed by atoms with van der Waals surface area (Å²) >= 11 is 0. The van der Waals surface area contributed by atoms with Gasteiger partial charge in [-0.25, -0.2) is 4.39 Å². The second-order valence-electron chi connectivity index (χ2n) is 4.12. The van der Waals surface area contributed by atoms with Crippen molar-refractivity contribution in [1.29, 1.82) is 0 Å². The lowest BCUT2D eigenvalue weighted by Gasteiger charge is -2.16. The topological polar surface area (TPSA) is 93.0 Å². The maximum absolute atomic E-state index is 13.6. The Morgan fingerprint density at radius 2 is 1.94 bits per heavy atom. The van der Waals surface area contributed by atoms with E-state index in [1.165, 1.54) is 12.1 Å². The molecule has 0 unspecified atom stereocenters. The van der Waals surface area contributed by atoms with Gasteiger partial charge in [0, 0.05) is 11.6 Å². The van der Waals surface area contributed by atoms with Gasteiger partial charge in [-0.3, -0.25) is 0 Å². The lowest BCUT2D eigenvalue weighted by atomic mass is 10.0. The summed E-state index contributed by atoms with van der Waals surface area (Å²) < 4.78 is 13.6. The molecule has 5 nitrogen and oxygen atoms in total. The molecule has 17 heavy (non-hydrogen) atoms. The first-order chi connectivity index (χ1) is 8.04. The van der Waals surface area contributed by atoms with Gasteiger partial charge in [-0.15, -0.1) is 0 Å². The van der Waals surface area contributed by atoms with Crippen LogP contribution >= 0.6 is 0 Å². The van der Waals surface area contributed by atoms with Crippen LogP contribution in [0.25, 0.3) is 0 Å². The third kappa shape index (κ3) is 2.12. The number of phenols is 1. The van der Waals surface area contributed by atoms with E-state index in [9.17, 15) is 14.6 Å². The predicted molar refractivity (Wildman–Crippen MR) is 56.8 cm³/mol. The summed E-state index contributed by atoms with van der Waals surface area (Å²) in [6, 6.07) is 2.07. The van der Waals surface area contributed by atoms with Crippen molar-refractivity contribution in [2.45, 2.75) is 24.3 Å². The fourth-order valence-electron chi connectivity index (χ4n) is 2.07. The summed E-state index contributed by atoms with van der Waals surface area (Å²) in [4.78, 5) is 0. The number of nitrogens with one attached hydrogen (secondary N) is 1. The Hall–Kier alpha value is -1.21. The molecular formula is C11H14FNO4. The Kier molecular flexibility index (Phi) is 3.30. The zero-order chi connectivity index (χ0) is 12.6. The molecule has 1 aromatic carbocycles. The number of benzene rings is 1. The number of aliphatic hydroxyl groups excluding tert-OH is 3. The molecule has 94 valence electrons. The van der Waals surface area contributed by atoms with Crippen LogP contribution in [0.5, 0.6) is 5.75 Å². The van der Waals surface area contributed by atoms with Gasteiger partial charge in [0.1, 0.15) is 17.7 Å². The average Bonchev–Trinajstić information content (AvgIpc) is 2.57. The summed E-state index contributed by atoms with van der Waals surface area (Å²) in [7, 11) is 0. The molecule has 1 aromatic rings. The molecule has 0 aliphatic carbocycles. The first-order valence-electron chi connectivity index (χ1n) is 5.26. The molecule has 1 saturated heterocycles. The summed E-state index contributed by atoms with van der Waals surface area (Å²) in [5, 5.41) is 40.1. The Morgan fingerprint density at radius 3 is 2.47 bits per heavy atom. The molecule has 1 aliphatic heterocycles. The monoisotopic (exact) mass is 243 g/mol. The second-order valence-corrected chi connectivity index (χ2v) is 4.12. The zero-order valence-electron chi connectivity index (χ0n) is 8.92. The van der Waals surface area contributed by atoms with Gasteiger partial charge >= 0.3 is 0 Å². The van der Waals surface area contributed by atoms with E-state index in [2.05, 4.69) is 5.32 Å². The van der Waals surface area contributed by atoms with Crippen molar-refractivity contribution in [3.8, 4) is 5.75 Å². The quantitative estimate of drug-likeness (QED) is 0.472. The van der Waals surface area contributed by atoms with E-state index in [1.807, 2.05) is 0 Å². The number of halogens is 1. The van der Waals surface area contributed by atoms with Crippen LogP contribution in [0.15, 0.2) is 18.2 Å². The van der Waals surface area contributed by atoms with Crippen molar-refractivity contribution in [3.63, 3.8) is 0 Å². The molecule has 4 atom stereocenters. The first-order valence-corrected chi connectivity index (χ1v) is 5.26. The molecule has 2 rings (SSSR count). The van der Waals surface area contributed by atoms with Crippen LogP contribution in [0.3, 0.4) is 0 Å². The predicted octanol–water partition coefficient (Wildman–Crippen LogP) is -0.742. The van der Waals surface area contributed by atoms with Gasteiger partial charge in [-0.2, -0.15) is 0 Å². The van der Waals surface area contributed by atoms with Crippen LogP contribution in [0, 0.1) is 5.82 Å². The van der Waals surface area contributed by atoms with Crippen molar-refractivity contribution >= 4 is 0 Å². The van der Waals surface area contributed by atoms with Crippen LogP contribution in [-0.2, 0) is 0 Å². The first kappa shape index (κ1) is 12.3. The lowest BCUT2D eigenvalue weighted by Crippen LogP contribution is -2.35. The largest absolute Gasteiger partial charge is 0.508 e. The van der Waals surface area contributed by atoms with E-state index in [4.69, 9.17) is 10.2 Å². The van der Waals surface area contributed by atoms with Crippen molar-refractivity contribution < 1.29 is 24.8 Å². The number of hydrogen-bond acceptors (Lipinski definition) is 5. The normalized spacial score (nSPS) is 32.9. The van der Waals surface area contributed by atoms with E-state index in [1.54, 1.807) is 0 Å². The van der Waals surface area contributed by atoms with Crippen LogP contribution in [0.2, 0.25) is 0 Å². The van der Waals surface area contributed by atoms with Crippen molar-refractivity contribution in [1.82, 2.24) is 5.32 Å². The van der Waals surface area contributed by atoms with Gasteiger partial charge < -0.3 is 25.7 Å². The van der Waals surface area contributed by atoms with Gasteiger partial charge in [-0.1, -0.05) is 6.07 Å². The van der Waals surface area contributed by atoms with Gasteiger partial charge in [0.05, 0.1) is 24.8 Å². The van der Waals surface area contributed by atoms with Crippen molar-refractivity contribution in [2.24, 2.45) is 0 Å². The Bertz CT molecular complexity index is 414. The minimum atomic E-state index is -1.20. The summed E-state index contributed by atoms with van der Waals surface area (Å²) in [6.45, 7) is -0.353. The minimum absolute atomic E-state index is 0.144. The SMILES string of the molecule is OC[C@H]1N[C@H](c2ccc(O)cc2F)[C@@H](O)[C@@H]1O. The zero-order valence-corrected chi connectivity index (χ0v) is 8.92. The van der Waals surface area contributed by atoms with E-state index >= 15 is 0 Å². The number of hydrogen-bond donors (Lipinski definition) is 5.